The van der Waals surface area contributed by atoms with Crippen LogP contribution < -0.4 is 59.5 Å². The van der Waals surface area contributed by atoms with Gasteiger partial charge in [-0.05, 0) is 81.9 Å². The molecular weight excluding hydrogens is 901 g/mol. The summed E-state index contributed by atoms with van der Waals surface area (Å²) in [6.45, 7) is 3.35. The number of para-hydroxylation sites is 1. The molecule has 4 rings (SSSR count). The minimum absolute atomic E-state index is 0.00781. The van der Waals surface area contributed by atoms with Gasteiger partial charge in [0.1, 0.15) is 18.1 Å². The van der Waals surface area contributed by atoms with E-state index in [2.05, 4.69) is 47.5 Å². The maximum Gasteiger partial charge on any atom is 0.315 e. The summed E-state index contributed by atoms with van der Waals surface area (Å²) >= 11 is 1.84. The summed E-state index contributed by atoms with van der Waals surface area (Å²) in [5, 5.41) is 31.9. The fourth-order valence-electron chi connectivity index (χ4n) is 8.30. The van der Waals surface area contributed by atoms with Crippen LogP contribution in [0.4, 0.5) is 4.79 Å². The summed E-state index contributed by atoms with van der Waals surface area (Å²) in [5.74, 6) is -4.99. The molecule has 2 aromatic rings. The lowest BCUT2D eigenvalue weighted by molar-refractivity contribution is -0.137. The van der Waals surface area contributed by atoms with Crippen LogP contribution in [0.3, 0.4) is 0 Å². The van der Waals surface area contributed by atoms with Gasteiger partial charge in [-0.2, -0.15) is 11.8 Å². The molecule has 15 N–H and O–H groups in total. The topological polar surface area (TPSA) is 350 Å². The average Bonchev–Trinajstić information content (AvgIpc) is 4.01. The number of nitrogens with one attached hydrogen (secondary N) is 10. The number of carbonyl (C=O) groups is 9. The number of hydroxylamine groups is 1. The van der Waals surface area contributed by atoms with E-state index < -0.39 is 78.5 Å². The third-order valence-corrected chi connectivity index (χ3v) is 13.4. The summed E-state index contributed by atoms with van der Waals surface area (Å²) < 4.78 is 0. The van der Waals surface area contributed by atoms with Crippen molar-refractivity contribution in [2.75, 3.05) is 31.9 Å². The number of hydrogen-bond donors (Lipinski definition) is 13. The van der Waals surface area contributed by atoms with E-state index in [-0.39, 0.29) is 55.6 Å². The summed E-state index contributed by atoms with van der Waals surface area (Å²) in [6, 6.07) is 4.15. The number of unbranched alkanes of at least 4 members (excludes halogenated alkanes) is 3. The van der Waals surface area contributed by atoms with Crippen LogP contribution in [0.15, 0.2) is 30.5 Å². The molecule has 0 spiro atoms. The number of H-pyrrole nitrogens is 1. The molecule has 3 heterocycles. The van der Waals surface area contributed by atoms with Crippen LogP contribution in [0.2, 0.25) is 0 Å². The van der Waals surface area contributed by atoms with Gasteiger partial charge >= 0.3 is 6.03 Å². The number of thioether (sulfide) groups is 1. The molecule has 22 nitrogen and oxygen atoms in total. The summed E-state index contributed by atoms with van der Waals surface area (Å²) in [4.78, 5) is 118. The SMILES string of the molecule is CC(C)CC(CC(=O)NO)C(=O)N[C@@H](CCCCN)C(=O)N[C@@H](Cc1c[nH]c2ccccc12)C(=O)NCC(=O)NCC(=O)N[C@@H](CCCCNC(=O)CCCC[C@@H]1SC[C@@H]2NC(=O)N[C@@H]21)C(N)=O. The van der Waals surface area contributed by atoms with E-state index in [0.717, 1.165) is 35.9 Å². The molecule has 68 heavy (non-hydrogen) atoms. The number of rotatable bonds is 31. The van der Waals surface area contributed by atoms with Crippen molar-refractivity contribution in [2.45, 2.75) is 133 Å². The Labute approximate surface area is 400 Å². The van der Waals surface area contributed by atoms with E-state index in [1.165, 1.54) is 0 Å². The predicted molar refractivity (Wildman–Crippen MR) is 254 cm³/mol. The number of aromatic amines is 1. The molecule has 0 saturated carbocycles. The van der Waals surface area contributed by atoms with E-state index in [9.17, 15) is 43.2 Å². The normalized spacial score (nSPS) is 18.0. The predicted octanol–water partition coefficient (Wildman–Crippen LogP) is -0.418. The van der Waals surface area contributed by atoms with Crippen LogP contribution in [0.5, 0.6) is 0 Å². The highest BCUT2D eigenvalue weighted by Gasteiger charge is 2.42. The summed E-state index contributed by atoms with van der Waals surface area (Å²) in [7, 11) is 0. The second-order valence-electron chi connectivity index (χ2n) is 17.8. The number of benzene rings is 1. The highest BCUT2D eigenvalue weighted by molar-refractivity contribution is 8.00. The lowest BCUT2D eigenvalue weighted by atomic mass is 9.92. The number of carbonyl (C=O) groups excluding carboxylic acids is 9. The summed E-state index contributed by atoms with van der Waals surface area (Å²) in [6.07, 6.45) is 6.93. The van der Waals surface area contributed by atoms with Gasteiger partial charge in [0.05, 0.1) is 25.2 Å². The Morgan fingerprint density at radius 3 is 2.24 bits per heavy atom. The van der Waals surface area contributed by atoms with E-state index in [1.54, 1.807) is 11.7 Å². The molecular formula is C45H70N12O10S. The largest absolute Gasteiger partial charge is 0.368 e. The minimum atomic E-state index is -1.24. The van der Waals surface area contributed by atoms with Gasteiger partial charge in [-0.25, -0.2) is 10.3 Å². The molecule has 2 fully saturated rings. The number of fused-ring (bicyclic) bond motifs is 2. The number of amides is 10. The van der Waals surface area contributed by atoms with Gasteiger partial charge in [-0.3, -0.25) is 43.6 Å². The van der Waals surface area contributed by atoms with Crippen LogP contribution in [0, 0.1) is 11.8 Å². The maximum absolute atomic E-state index is 13.9. The van der Waals surface area contributed by atoms with Gasteiger partial charge in [0.2, 0.25) is 47.3 Å². The zero-order valence-electron chi connectivity index (χ0n) is 38.9. The van der Waals surface area contributed by atoms with Crippen LogP contribution in [0.25, 0.3) is 10.9 Å². The first kappa shape index (κ1) is 54.7. The Morgan fingerprint density at radius 2 is 1.50 bits per heavy atom. The third-order valence-electron chi connectivity index (χ3n) is 11.9. The van der Waals surface area contributed by atoms with Crippen molar-refractivity contribution in [3.63, 3.8) is 0 Å². The third kappa shape index (κ3) is 18.3. The average molecular weight is 971 g/mol. The first-order valence-corrected chi connectivity index (χ1v) is 24.5. The first-order chi connectivity index (χ1) is 32.6. The molecule has 2 aliphatic rings. The van der Waals surface area contributed by atoms with Gasteiger partial charge in [-0.15, -0.1) is 0 Å². The Kier molecular flexibility index (Phi) is 22.8. The molecule has 376 valence electrons. The van der Waals surface area contributed by atoms with Crippen LogP contribution in [0.1, 0.15) is 96.5 Å². The van der Waals surface area contributed by atoms with Gasteiger partial charge in [0.25, 0.3) is 0 Å². The van der Waals surface area contributed by atoms with Crippen molar-refractivity contribution in [1.82, 2.24) is 53.0 Å². The molecule has 0 aliphatic carbocycles. The summed E-state index contributed by atoms with van der Waals surface area (Å²) in [5.41, 5.74) is 14.3. The number of aromatic nitrogens is 1. The molecule has 1 aromatic carbocycles. The Morgan fingerprint density at radius 1 is 0.779 bits per heavy atom. The van der Waals surface area contributed by atoms with Crippen molar-refractivity contribution >= 4 is 76.0 Å². The second-order valence-corrected chi connectivity index (χ2v) is 19.0. The van der Waals surface area contributed by atoms with Crippen molar-refractivity contribution in [2.24, 2.45) is 23.3 Å². The van der Waals surface area contributed by atoms with Gasteiger partial charge in [0.15, 0.2) is 0 Å². The first-order valence-electron chi connectivity index (χ1n) is 23.5. The number of urea groups is 1. The molecule has 10 amide bonds. The van der Waals surface area contributed by atoms with E-state index in [4.69, 9.17) is 16.7 Å². The highest BCUT2D eigenvalue weighted by Crippen LogP contribution is 2.33. The fraction of sp³-hybridized carbons (Fsp3) is 0.622. The van der Waals surface area contributed by atoms with Crippen molar-refractivity contribution in [1.29, 1.82) is 0 Å². The zero-order valence-corrected chi connectivity index (χ0v) is 39.7. The zero-order chi connectivity index (χ0) is 49.6. The number of nitrogens with two attached hydrogens (primary N) is 2. The molecule has 1 aromatic heterocycles. The van der Waals surface area contributed by atoms with Crippen molar-refractivity contribution < 1.29 is 48.4 Å². The molecule has 2 saturated heterocycles. The molecule has 0 radical (unpaired) electrons. The molecule has 1 unspecified atom stereocenters. The minimum Gasteiger partial charge on any atom is -0.368 e. The monoisotopic (exact) mass is 971 g/mol. The van der Waals surface area contributed by atoms with Crippen molar-refractivity contribution in [3.05, 3.63) is 36.0 Å². The molecule has 2 aliphatic heterocycles. The van der Waals surface area contributed by atoms with Crippen LogP contribution >= 0.6 is 11.8 Å². The molecule has 0 bridgehead atoms. The number of hydrogen-bond acceptors (Lipinski definition) is 12. The second kappa shape index (κ2) is 28.4. The Balaban J connectivity index is 1.24. The highest BCUT2D eigenvalue weighted by atomic mass is 32.2. The van der Waals surface area contributed by atoms with Crippen molar-refractivity contribution in [3.8, 4) is 0 Å². The van der Waals surface area contributed by atoms with E-state index in [0.29, 0.717) is 62.4 Å². The lowest BCUT2D eigenvalue weighted by Crippen LogP contribution is -2.56. The molecule has 23 heteroatoms. The standard InChI is InChI=1S/C45H70N12O10S/c1-26(2)19-27(21-37(59)57-67)42(63)53-32(14-7-9-17-46)44(65)54-33(20-28-22-49-30-12-4-3-11-29(28)30)43(64)51-23-38(60)50-24-39(61)52-31(41(47)62)13-8-10-18-48-36(58)16-6-5-15-35-40-34(25-68-35)55-45(66)56-40/h3-4,11-12,22,26-27,31-35,40,49,67H,5-10,13-21,23-25,46H2,1-2H3,(H2,47,62)(H,48,58)(H,50,60)(H,51,64)(H,52,61)(H,53,63)(H,54,65)(H,57,59)(H2,55,56,66)/t27?,31-,32-,33-,34-,35-,40-/m0/s1. The van der Waals surface area contributed by atoms with Gasteiger partial charge in [-0.1, -0.05) is 38.5 Å². The molecule has 7 atom stereocenters. The van der Waals surface area contributed by atoms with E-state index in [1.807, 2.05) is 49.9 Å². The number of primary amides is 1. The quantitative estimate of drug-likeness (QED) is 0.0198. The van der Waals surface area contributed by atoms with Crippen LogP contribution in [-0.4, -0.2) is 131 Å². The Hall–Kier alpha value is -5.94. The van der Waals surface area contributed by atoms with E-state index >= 15 is 0 Å². The van der Waals surface area contributed by atoms with Gasteiger partial charge in [0, 0.05) is 59.8 Å². The maximum atomic E-state index is 13.9. The Bertz CT molecular complexity index is 2050. The fourth-order valence-corrected chi connectivity index (χ4v) is 9.84. The van der Waals surface area contributed by atoms with Crippen LogP contribution in [-0.2, 0) is 44.8 Å². The smallest absolute Gasteiger partial charge is 0.315 e. The lowest BCUT2D eigenvalue weighted by Gasteiger charge is -2.25. The van der Waals surface area contributed by atoms with Gasteiger partial charge < -0.3 is 59.0 Å².